The molecule has 0 unspecified atom stereocenters. The first-order valence-corrected chi connectivity index (χ1v) is 8.91. The predicted octanol–water partition coefficient (Wildman–Crippen LogP) is 4.27. The summed E-state index contributed by atoms with van der Waals surface area (Å²) < 4.78 is 0. The van der Waals surface area contributed by atoms with Gasteiger partial charge in [0.1, 0.15) is 0 Å². The highest BCUT2D eigenvalue weighted by Crippen LogP contribution is 2.29. The second-order valence-electron chi connectivity index (χ2n) is 5.95. The van der Waals surface area contributed by atoms with E-state index in [0.717, 1.165) is 38.3 Å². The van der Waals surface area contributed by atoms with Crippen molar-refractivity contribution in [1.29, 1.82) is 0 Å². The van der Waals surface area contributed by atoms with E-state index in [0.29, 0.717) is 16.5 Å². The van der Waals surface area contributed by atoms with Gasteiger partial charge in [0.25, 0.3) is 0 Å². The van der Waals surface area contributed by atoms with Gasteiger partial charge in [-0.25, -0.2) is 0 Å². The molecule has 2 aromatic carbocycles. The van der Waals surface area contributed by atoms with E-state index in [4.69, 9.17) is 23.2 Å². The number of anilines is 1. The first kappa shape index (κ1) is 17.1. The minimum Gasteiger partial charge on any atom is -0.367 e. The highest BCUT2D eigenvalue weighted by Gasteiger charge is 2.22. The normalized spacial score (nSPS) is 14.8. The molecule has 1 heterocycles. The summed E-state index contributed by atoms with van der Waals surface area (Å²) in [6.07, 6.45) is 1.36. The van der Waals surface area contributed by atoms with Gasteiger partial charge in [-0.3, -0.25) is 4.79 Å². The molecule has 0 radical (unpaired) electrons. The van der Waals surface area contributed by atoms with Crippen LogP contribution < -0.4 is 4.90 Å². The number of hydrogen-bond donors (Lipinski definition) is 0. The number of benzene rings is 2. The highest BCUT2D eigenvalue weighted by atomic mass is 35.5. The zero-order valence-electron chi connectivity index (χ0n) is 13.4. The van der Waals surface area contributed by atoms with Crippen LogP contribution in [0.25, 0.3) is 0 Å². The van der Waals surface area contributed by atoms with Gasteiger partial charge in [-0.15, -0.1) is 0 Å². The molecule has 3 rings (SSSR count). The van der Waals surface area contributed by atoms with Crippen molar-refractivity contribution in [2.24, 2.45) is 0 Å². The molecule has 0 aromatic heterocycles. The number of amides is 1. The Bertz CT molecular complexity index is 698. The fourth-order valence-corrected chi connectivity index (χ4v) is 3.52. The lowest BCUT2D eigenvalue weighted by atomic mass is 10.1. The van der Waals surface area contributed by atoms with Crippen molar-refractivity contribution in [3.05, 3.63) is 64.1 Å². The zero-order chi connectivity index (χ0) is 16.9. The average Bonchev–Trinajstić information content (AvgIpc) is 2.61. The van der Waals surface area contributed by atoms with Gasteiger partial charge in [0, 0.05) is 37.6 Å². The van der Waals surface area contributed by atoms with Gasteiger partial charge in [0.2, 0.25) is 5.91 Å². The summed E-state index contributed by atoms with van der Waals surface area (Å²) in [5, 5.41) is 1.30. The summed E-state index contributed by atoms with van der Waals surface area (Å²) in [7, 11) is 0. The lowest BCUT2D eigenvalue weighted by Crippen LogP contribution is -2.48. The van der Waals surface area contributed by atoms with Crippen molar-refractivity contribution < 1.29 is 4.79 Å². The number of piperazine rings is 1. The van der Waals surface area contributed by atoms with Crippen molar-refractivity contribution in [3.63, 3.8) is 0 Å². The molecule has 0 saturated carbocycles. The Balaban J connectivity index is 1.52. The number of aryl methyl sites for hydroxylation is 1. The number of carbonyl (C=O) groups excluding carboxylic acids is 1. The third-order valence-corrected chi connectivity index (χ3v) is 4.89. The van der Waals surface area contributed by atoms with Crippen LogP contribution in [0.15, 0.2) is 48.5 Å². The molecule has 1 aliphatic heterocycles. The maximum atomic E-state index is 12.4. The molecule has 1 saturated heterocycles. The van der Waals surface area contributed by atoms with Crippen LogP contribution in [0, 0.1) is 0 Å². The molecule has 1 aliphatic rings. The summed E-state index contributed by atoms with van der Waals surface area (Å²) >= 11 is 12.2. The topological polar surface area (TPSA) is 23.6 Å². The molecule has 0 atom stereocenters. The standard InChI is InChI=1S/C19H20Cl2N2O/c20-16-7-8-18(17(21)14-16)22-10-12-23(13-11-22)19(24)9-6-15-4-2-1-3-5-15/h1-5,7-8,14H,6,9-13H2. The van der Waals surface area contributed by atoms with Crippen LogP contribution >= 0.6 is 23.2 Å². The lowest BCUT2D eigenvalue weighted by Gasteiger charge is -2.36. The summed E-state index contributed by atoms with van der Waals surface area (Å²) in [5.41, 5.74) is 2.19. The minimum absolute atomic E-state index is 0.223. The molecular weight excluding hydrogens is 343 g/mol. The van der Waals surface area contributed by atoms with Crippen molar-refractivity contribution in [1.82, 2.24) is 4.90 Å². The Morgan fingerprint density at radius 2 is 1.67 bits per heavy atom. The molecular formula is C19H20Cl2N2O. The number of rotatable bonds is 4. The van der Waals surface area contributed by atoms with Gasteiger partial charge in [-0.2, -0.15) is 0 Å². The van der Waals surface area contributed by atoms with E-state index in [9.17, 15) is 4.79 Å². The minimum atomic E-state index is 0.223. The Morgan fingerprint density at radius 3 is 2.33 bits per heavy atom. The number of hydrogen-bond acceptors (Lipinski definition) is 2. The number of halogens is 2. The van der Waals surface area contributed by atoms with E-state index < -0.39 is 0 Å². The monoisotopic (exact) mass is 362 g/mol. The van der Waals surface area contributed by atoms with E-state index in [-0.39, 0.29) is 5.91 Å². The Kier molecular flexibility index (Phi) is 5.64. The fraction of sp³-hybridized carbons (Fsp3) is 0.316. The van der Waals surface area contributed by atoms with Crippen molar-refractivity contribution in [2.75, 3.05) is 31.1 Å². The Hall–Kier alpha value is -1.71. The van der Waals surface area contributed by atoms with Gasteiger partial charge < -0.3 is 9.80 Å². The van der Waals surface area contributed by atoms with E-state index in [2.05, 4.69) is 17.0 Å². The summed E-state index contributed by atoms with van der Waals surface area (Å²) in [5.74, 6) is 0.223. The van der Waals surface area contributed by atoms with Gasteiger partial charge in [-0.1, -0.05) is 53.5 Å². The van der Waals surface area contributed by atoms with Crippen LogP contribution in [0.4, 0.5) is 5.69 Å². The molecule has 0 spiro atoms. The van der Waals surface area contributed by atoms with E-state index in [1.807, 2.05) is 35.2 Å². The first-order chi connectivity index (χ1) is 11.6. The Labute approximate surface area is 152 Å². The molecule has 2 aromatic rings. The maximum Gasteiger partial charge on any atom is 0.223 e. The first-order valence-electron chi connectivity index (χ1n) is 8.15. The summed E-state index contributed by atoms with van der Waals surface area (Å²) in [6, 6.07) is 15.7. The number of carbonyl (C=O) groups is 1. The highest BCUT2D eigenvalue weighted by molar-refractivity contribution is 6.36. The maximum absolute atomic E-state index is 12.4. The van der Waals surface area contributed by atoms with Crippen molar-refractivity contribution >= 4 is 34.8 Å². The molecule has 3 nitrogen and oxygen atoms in total. The third kappa shape index (κ3) is 4.22. The average molecular weight is 363 g/mol. The van der Waals surface area contributed by atoms with E-state index >= 15 is 0 Å². The second-order valence-corrected chi connectivity index (χ2v) is 6.79. The van der Waals surface area contributed by atoms with Crippen LogP contribution in [0.5, 0.6) is 0 Å². The van der Waals surface area contributed by atoms with E-state index in [1.54, 1.807) is 6.07 Å². The summed E-state index contributed by atoms with van der Waals surface area (Å²) in [6.45, 7) is 3.04. The zero-order valence-corrected chi connectivity index (χ0v) is 14.9. The molecule has 126 valence electrons. The van der Waals surface area contributed by atoms with E-state index in [1.165, 1.54) is 5.56 Å². The largest absolute Gasteiger partial charge is 0.367 e. The summed E-state index contributed by atoms with van der Waals surface area (Å²) in [4.78, 5) is 16.5. The quantitative estimate of drug-likeness (QED) is 0.810. The van der Waals surface area contributed by atoms with Crippen molar-refractivity contribution in [2.45, 2.75) is 12.8 Å². The predicted molar refractivity (Wildman–Crippen MR) is 100 cm³/mol. The van der Waals surface area contributed by atoms with Crippen LogP contribution in [0.3, 0.4) is 0 Å². The number of nitrogens with zero attached hydrogens (tertiary/aromatic N) is 2. The van der Waals surface area contributed by atoms with Crippen LogP contribution in [0.2, 0.25) is 10.0 Å². The van der Waals surface area contributed by atoms with Crippen LogP contribution in [-0.4, -0.2) is 37.0 Å². The molecule has 1 fully saturated rings. The molecule has 0 bridgehead atoms. The van der Waals surface area contributed by atoms with Gasteiger partial charge in [0.15, 0.2) is 0 Å². The van der Waals surface area contributed by atoms with Gasteiger partial charge >= 0.3 is 0 Å². The second kappa shape index (κ2) is 7.91. The Morgan fingerprint density at radius 1 is 0.958 bits per heavy atom. The fourth-order valence-electron chi connectivity index (χ4n) is 2.99. The third-order valence-electron chi connectivity index (χ3n) is 4.35. The lowest BCUT2D eigenvalue weighted by molar-refractivity contribution is -0.131. The van der Waals surface area contributed by atoms with Crippen molar-refractivity contribution in [3.8, 4) is 0 Å². The molecule has 5 heteroatoms. The van der Waals surface area contributed by atoms with Gasteiger partial charge in [0.05, 0.1) is 10.7 Å². The molecule has 24 heavy (non-hydrogen) atoms. The smallest absolute Gasteiger partial charge is 0.223 e. The van der Waals surface area contributed by atoms with Crippen LogP contribution in [-0.2, 0) is 11.2 Å². The molecule has 0 N–H and O–H groups in total. The molecule has 0 aliphatic carbocycles. The van der Waals surface area contributed by atoms with Gasteiger partial charge in [-0.05, 0) is 30.2 Å². The molecule has 1 amide bonds. The van der Waals surface area contributed by atoms with Crippen LogP contribution in [0.1, 0.15) is 12.0 Å². The SMILES string of the molecule is O=C(CCc1ccccc1)N1CCN(c2ccc(Cl)cc2Cl)CC1.